The maximum Gasteiger partial charge on any atom is 0.278 e. The van der Waals surface area contributed by atoms with Gasteiger partial charge in [0.15, 0.2) is 0 Å². The third-order valence-corrected chi connectivity index (χ3v) is 5.23. The molecule has 3 aromatic carbocycles. The van der Waals surface area contributed by atoms with E-state index >= 15 is 0 Å². The molecule has 0 saturated carbocycles. The Kier molecular flexibility index (Phi) is 6.28. The minimum Gasteiger partial charge on any atom is -0.491 e. The van der Waals surface area contributed by atoms with Gasteiger partial charge in [0.25, 0.3) is 11.8 Å². The number of nitrogens with one attached hydrogen (secondary N) is 1. The van der Waals surface area contributed by atoms with Crippen LogP contribution in [0.1, 0.15) is 25.0 Å². The minimum atomic E-state index is -0.369. The molecular formula is C26H23ClN2O3. The van der Waals surface area contributed by atoms with E-state index in [1.54, 1.807) is 24.3 Å². The number of carbonyl (C=O) groups is 2. The van der Waals surface area contributed by atoms with Crippen LogP contribution in [0.4, 0.5) is 5.69 Å². The molecule has 0 aliphatic carbocycles. The summed E-state index contributed by atoms with van der Waals surface area (Å²) in [5, 5.41) is 3.72. The molecular weight excluding hydrogens is 424 g/mol. The summed E-state index contributed by atoms with van der Waals surface area (Å²) in [6, 6.07) is 23.6. The Morgan fingerprint density at radius 3 is 2.16 bits per heavy atom. The van der Waals surface area contributed by atoms with Gasteiger partial charge in [-0.25, -0.2) is 0 Å². The first-order chi connectivity index (χ1) is 15.4. The smallest absolute Gasteiger partial charge is 0.278 e. The van der Waals surface area contributed by atoms with Crippen LogP contribution >= 0.6 is 11.6 Å². The molecule has 162 valence electrons. The number of carbonyl (C=O) groups excluding carboxylic acids is 2. The lowest BCUT2D eigenvalue weighted by molar-refractivity contribution is -0.137. The zero-order valence-electron chi connectivity index (χ0n) is 17.8. The van der Waals surface area contributed by atoms with Gasteiger partial charge in [0, 0.05) is 10.7 Å². The van der Waals surface area contributed by atoms with Gasteiger partial charge in [-0.3, -0.25) is 14.5 Å². The molecule has 0 bridgehead atoms. The Morgan fingerprint density at radius 2 is 1.53 bits per heavy atom. The summed E-state index contributed by atoms with van der Waals surface area (Å²) >= 11 is 6.03. The van der Waals surface area contributed by atoms with Gasteiger partial charge in [-0.2, -0.15) is 0 Å². The number of hydrogen-bond donors (Lipinski definition) is 1. The van der Waals surface area contributed by atoms with Crippen molar-refractivity contribution >= 4 is 34.7 Å². The molecule has 0 aromatic heterocycles. The van der Waals surface area contributed by atoms with Crippen molar-refractivity contribution in [2.45, 2.75) is 26.5 Å². The summed E-state index contributed by atoms with van der Waals surface area (Å²) in [7, 11) is 0. The Hall–Kier alpha value is -3.57. The zero-order chi connectivity index (χ0) is 22.7. The zero-order valence-corrected chi connectivity index (χ0v) is 18.6. The highest BCUT2D eigenvalue weighted by Crippen LogP contribution is 2.32. The summed E-state index contributed by atoms with van der Waals surface area (Å²) in [4.78, 5) is 27.9. The van der Waals surface area contributed by atoms with Crippen LogP contribution in [0.25, 0.3) is 5.57 Å². The van der Waals surface area contributed by atoms with Crippen LogP contribution in [0, 0.1) is 0 Å². The standard InChI is InChI=1S/C26H23ClN2O3/c1-17(2)32-22-14-12-21(13-15-22)28-24-23(19-8-10-20(27)11-9-19)25(30)29(26(24)31)16-18-6-4-3-5-7-18/h3-15,17,28H,16H2,1-2H3. The van der Waals surface area contributed by atoms with Crippen molar-refractivity contribution in [1.82, 2.24) is 4.90 Å². The lowest BCUT2D eigenvalue weighted by Crippen LogP contribution is -2.31. The number of halogens is 1. The second-order valence-corrected chi connectivity index (χ2v) is 8.19. The third kappa shape index (κ3) is 4.68. The summed E-state index contributed by atoms with van der Waals surface area (Å²) in [5.74, 6) is 0.0201. The van der Waals surface area contributed by atoms with Gasteiger partial charge in [-0.05, 0) is 61.4 Å². The minimum absolute atomic E-state index is 0.0635. The largest absolute Gasteiger partial charge is 0.491 e. The van der Waals surface area contributed by atoms with E-state index in [1.165, 1.54) is 4.90 Å². The number of amides is 2. The number of anilines is 1. The number of benzene rings is 3. The van der Waals surface area contributed by atoms with Crippen LogP contribution in [0.3, 0.4) is 0 Å². The monoisotopic (exact) mass is 446 g/mol. The van der Waals surface area contributed by atoms with Crippen LogP contribution in [-0.4, -0.2) is 22.8 Å². The van der Waals surface area contributed by atoms with E-state index in [9.17, 15) is 9.59 Å². The normalized spacial score (nSPS) is 13.8. The van der Waals surface area contributed by atoms with E-state index in [2.05, 4.69) is 5.32 Å². The van der Waals surface area contributed by atoms with E-state index in [4.69, 9.17) is 16.3 Å². The number of imide groups is 1. The first kappa shape index (κ1) is 21.7. The topological polar surface area (TPSA) is 58.6 Å². The highest BCUT2D eigenvalue weighted by Gasteiger charge is 2.39. The van der Waals surface area contributed by atoms with Crippen molar-refractivity contribution in [2.24, 2.45) is 0 Å². The quantitative estimate of drug-likeness (QED) is 0.485. The van der Waals surface area contributed by atoms with Crippen LogP contribution < -0.4 is 10.1 Å². The number of hydrogen-bond acceptors (Lipinski definition) is 4. The van der Waals surface area contributed by atoms with Crippen LogP contribution in [-0.2, 0) is 16.1 Å². The van der Waals surface area contributed by atoms with Gasteiger partial charge in [-0.15, -0.1) is 0 Å². The molecule has 0 saturated heterocycles. The van der Waals surface area contributed by atoms with Crippen LogP contribution in [0.2, 0.25) is 5.02 Å². The second kappa shape index (κ2) is 9.28. The molecule has 1 N–H and O–H groups in total. The lowest BCUT2D eigenvalue weighted by atomic mass is 10.0. The van der Waals surface area contributed by atoms with Crippen LogP contribution in [0.15, 0.2) is 84.6 Å². The summed E-state index contributed by atoms with van der Waals surface area (Å²) < 4.78 is 5.68. The predicted molar refractivity (Wildman–Crippen MR) is 126 cm³/mol. The number of rotatable bonds is 7. The van der Waals surface area contributed by atoms with Gasteiger partial charge >= 0.3 is 0 Å². The summed E-state index contributed by atoms with van der Waals surface area (Å²) in [5.41, 5.74) is 2.76. The third-order valence-electron chi connectivity index (χ3n) is 4.98. The van der Waals surface area contributed by atoms with E-state index in [1.807, 2.05) is 68.4 Å². The van der Waals surface area contributed by atoms with Crippen molar-refractivity contribution < 1.29 is 14.3 Å². The molecule has 0 atom stereocenters. The fraction of sp³-hybridized carbons (Fsp3) is 0.154. The molecule has 3 aromatic rings. The summed E-state index contributed by atoms with van der Waals surface area (Å²) in [6.45, 7) is 4.11. The lowest BCUT2D eigenvalue weighted by Gasteiger charge is -2.15. The average Bonchev–Trinajstić information content (AvgIpc) is 3.00. The van der Waals surface area contributed by atoms with E-state index in [-0.39, 0.29) is 30.2 Å². The van der Waals surface area contributed by atoms with Crippen molar-refractivity contribution in [3.63, 3.8) is 0 Å². The SMILES string of the molecule is CC(C)Oc1ccc(NC2=C(c3ccc(Cl)cc3)C(=O)N(Cc3ccccc3)C2=O)cc1. The van der Waals surface area contributed by atoms with Gasteiger partial charge < -0.3 is 10.1 Å². The first-order valence-corrected chi connectivity index (χ1v) is 10.7. The van der Waals surface area contributed by atoms with Gasteiger partial charge in [-0.1, -0.05) is 54.1 Å². The number of ether oxygens (including phenoxy) is 1. The van der Waals surface area contributed by atoms with E-state index in [0.717, 1.165) is 11.3 Å². The Labute approximate surface area is 192 Å². The van der Waals surface area contributed by atoms with Gasteiger partial charge in [0.2, 0.25) is 0 Å². The maximum absolute atomic E-state index is 13.3. The Bertz CT molecular complexity index is 1150. The Balaban J connectivity index is 1.68. The molecule has 1 aliphatic rings. The van der Waals surface area contributed by atoms with Crippen molar-refractivity contribution in [3.8, 4) is 5.75 Å². The predicted octanol–water partition coefficient (Wildman–Crippen LogP) is 5.52. The molecule has 0 unspecified atom stereocenters. The van der Waals surface area contributed by atoms with Crippen molar-refractivity contribution in [1.29, 1.82) is 0 Å². The molecule has 0 spiro atoms. The fourth-order valence-electron chi connectivity index (χ4n) is 3.52. The van der Waals surface area contributed by atoms with E-state index < -0.39 is 0 Å². The molecule has 0 fully saturated rings. The molecule has 0 radical (unpaired) electrons. The number of nitrogens with zero attached hydrogens (tertiary/aromatic N) is 1. The highest BCUT2D eigenvalue weighted by molar-refractivity contribution is 6.36. The first-order valence-electron chi connectivity index (χ1n) is 10.4. The van der Waals surface area contributed by atoms with Gasteiger partial charge in [0.05, 0.1) is 18.2 Å². The van der Waals surface area contributed by atoms with Gasteiger partial charge in [0.1, 0.15) is 11.4 Å². The second-order valence-electron chi connectivity index (χ2n) is 7.75. The molecule has 1 heterocycles. The van der Waals surface area contributed by atoms with Crippen molar-refractivity contribution in [3.05, 3.63) is 101 Å². The molecule has 5 nitrogen and oxygen atoms in total. The van der Waals surface area contributed by atoms with Crippen molar-refractivity contribution in [2.75, 3.05) is 5.32 Å². The van der Waals surface area contributed by atoms with E-state index in [0.29, 0.717) is 21.8 Å². The molecule has 1 aliphatic heterocycles. The molecule has 2 amide bonds. The maximum atomic E-state index is 13.3. The summed E-state index contributed by atoms with van der Waals surface area (Å²) in [6.07, 6.45) is 0.0635. The highest BCUT2D eigenvalue weighted by atomic mass is 35.5. The fourth-order valence-corrected chi connectivity index (χ4v) is 3.65. The Morgan fingerprint density at radius 1 is 0.875 bits per heavy atom. The molecule has 32 heavy (non-hydrogen) atoms. The van der Waals surface area contributed by atoms with Crippen LogP contribution in [0.5, 0.6) is 5.75 Å². The molecule has 6 heteroatoms. The average molecular weight is 447 g/mol. The molecule has 4 rings (SSSR count).